The van der Waals surface area contributed by atoms with E-state index in [9.17, 15) is 27.2 Å². The first-order valence-corrected chi connectivity index (χ1v) is 8.43. The number of aliphatic carboxylic acids is 1. The monoisotopic (exact) mass is 381 g/mol. The molecule has 0 aromatic carbocycles. The lowest BCUT2D eigenvalue weighted by Gasteiger charge is -2.29. The highest BCUT2D eigenvalue weighted by Crippen LogP contribution is 2.30. The molecule has 140 valence electrons. The van der Waals surface area contributed by atoms with Crippen molar-refractivity contribution in [3.63, 3.8) is 0 Å². The molecule has 3 amide bonds. The fraction of sp³-hybridized carbons (Fsp3) is 0.545. The Hall–Kier alpha value is -2.29. The van der Waals surface area contributed by atoms with Crippen molar-refractivity contribution < 1.29 is 37.1 Å². The fourth-order valence-corrected chi connectivity index (χ4v) is 2.81. The summed E-state index contributed by atoms with van der Waals surface area (Å²) in [5.41, 5.74) is 0.425. The van der Waals surface area contributed by atoms with Crippen molar-refractivity contribution in [2.45, 2.75) is 25.4 Å². The molecule has 0 spiro atoms. The number of carboxylic acid groups (broad SMARTS) is 1. The summed E-state index contributed by atoms with van der Waals surface area (Å²) in [6, 6.07) is -2.72. The van der Waals surface area contributed by atoms with Crippen molar-refractivity contribution in [2.24, 2.45) is 5.14 Å². The number of carboxylic acids is 1. The van der Waals surface area contributed by atoms with Gasteiger partial charge in [0.1, 0.15) is 6.04 Å². The minimum Gasteiger partial charge on any atom is -0.477 e. The van der Waals surface area contributed by atoms with E-state index >= 15 is 0 Å². The van der Waals surface area contributed by atoms with Crippen molar-refractivity contribution in [2.75, 3.05) is 13.2 Å². The Balaban J connectivity index is 2.08. The molecule has 2 heterocycles. The van der Waals surface area contributed by atoms with E-state index < -0.39 is 53.2 Å². The Morgan fingerprint density at radius 3 is 2.76 bits per heavy atom. The van der Waals surface area contributed by atoms with Crippen LogP contribution in [-0.4, -0.2) is 73.0 Å². The van der Waals surface area contributed by atoms with Crippen molar-refractivity contribution in [3.8, 4) is 0 Å². The van der Waals surface area contributed by atoms with E-state index in [-0.39, 0.29) is 6.54 Å². The number of nitrogens with two attached hydrogens (primary N) is 1. The highest BCUT2D eigenvalue weighted by Gasteiger charge is 2.48. The van der Waals surface area contributed by atoms with Crippen LogP contribution in [0.5, 0.6) is 0 Å². The molecule has 0 aromatic heterocycles. The zero-order valence-electron chi connectivity index (χ0n) is 12.9. The number of hydroxylamine groups is 2. The Morgan fingerprint density at radius 1 is 1.56 bits per heavy atom. The predicted molar refractivity (Wildman–Crippen MR) is 78.1 cm³/mol. The van der Waals surface area contributed by atoms with Gasteiger partial charge in [-0.15, -0.1) is 0 Å². The Morgan fingerprint density at radius 2 is 2.20 bits per heavy atom. The first kappa shape index (κ1) is 19.0. The average Bonchev–Trinajstić information content (AvgIpc) is 2.71. The molecule has 2 aliphatic rings. The van der Waals surface area contributed by atoms with Crippen LogP contribution in [0.1, 0.15) is 6.92 Å². The average molecular weight is 381 g/mol. The lowest BCUT2D eigenvalue weighted by atomic mass is 10.0. The summed E-state index contributed by atoms with van der Waals surface area (Å²) >= 11 is 0. The molecule has 0 radical (unpaired) electrons. The van der Waals surface area contributed by atoms with Gasteiger partial charge in [-0.2, -0.15) is 18.2 Å². The van der Waals surface area contributed by atoms with Gasteiger partial charge in [-0.3, -0.25) is 4.79 Å². The van der Waals surface area contributed by atoms with Gasteiger partial charge in [-0.05, 0) is 12.5 Å². The molecule has 0 saturated carbocycles. The lowest BCUT2D eigenvalue weighted by molar-refractivity contribution is -0.219. The van der Waals surface area contributed by atoms with Crippen LogP contribution < -0.4 is 15.2 Å². The minimum atomic E-state index is -4.00. The summed E-state index contributed by atoms with van der Waals surface area (Å²) in [6.45, 7) is 1.03. The molecule has 5 N–H and O–H groups in total. The van der Waals surface area contributed by atoms with Crippen LogP contribution in [0.3, 0.4) is 0 Å². The zero-order valence-corrected chi connectivity index (χ0v) is 13.7. The molecular formula is C11H16FN5O7S. The molecule has 0 unspecified atom stereocenters. The van der Waals surface area contributed by atoms with Crippen LogP contribution in [0.2, 0.25) is 0 Å². The first-order valence-electron chi connectivity index (χ1n) is 6.88. The third-order valence-electron chi connectivity index (χ3n) is 3.50. The van der Waals surface area contributed by atoms with E-state index in [1.807, 2.05) is 4.72 Å². The van der Waals surface area contributed by atoms with Gasteiger partial charge in [0.25, 0.3) is 10.2 Å². The standard InChI is InChI=1S/C11H16FN5O7S/c1-5-2-6-3-16(11(21)17(6)24-8(12)10(19)20)7(5)9(18)14-4-15-25(13,22)23/h2,6-8,15H,3-4H2,1H3,(H,14,18)(H,19,20)(H2,13,22,23)/t6-,7-,8+/m0/s1. The molecule has 12 nitrogen and oxygen atoms in total. The number of carbonyl (C=O) groups excluding carboxylic acids is 2. The third kappa shape index (κ3) is 4.22. The quantitative estimate of drug-likeness (QED) is 0.281. The number of hydrogen-bond donors (Lipinski definition) is 4. The van der Waals surface area contributed by atoms with E-state index in [1.165, 1.54) is 13.0 Å². The fourth-order valence-electron chi connectivity index (χ4n) is 2.54. The number of hydrogen-bond acceptors (Lipinski definition) is 6. The largest absolute Gasteiger partial charge is 0.477 e. The second-order valence-corrected chi connectivity index (χ2v) is 6.69. The number of amides is 3. The normalized spacial score (nSPS) is 24.1. The molecule has 1 saturated heterocycles. The molecule has 14 heteroatoms. The van der Waals surface area contributed by atoms with Crippen molar-refractivity contribution in [1.82, 2.24) is 20.0 Å². The van der Waals surface area contributed by atoms with Crippen LogP contribution in [0.25, 0.3) is 0 Å². The van der Waals surface area contributed by atoms with Gasteiger partial charge in [0.05, 0.1) is 19.3 Å². The summed E-state index contributed by atoms with van der Waals surface area (Å²) in [6.07, 6.45) is -1.27. The SMILES string of the molecule is CC1=C[C@H]2CN(C(=O)N2O[C@@H](F)C(=O)O)[C@@H]1C(=O)NCNS(N)(=O)=O. The minimum absolute atomic E-state index is 0.0246. The van der Waals surface area contributed by atoms with E-state index in [0.717, 1.165) is 4.90 Å². The maximum absolute atomic E-state index is 13.2. The van der Waals surface area contributed by atoms with Crippen LogP contribution >= 0.6 is 0 Å². The van der Waals surface area contributed by atoms with Gasteiger partial charge in [0.15, 0.2) is 0 Å². The van der Waals surface area contributed by atoms with Crippen LogP contribution in [-0.2, 0) is 24.6 Å². The molecule has 0 aromatic rings. The zero-order chi connectivity index (χ0) is 18.9. The third-order valence-corrected chi connectivity index (χ3v) is 4.05. The number of urea groups is 1. The van der Waals surface area contributed by atoms with Gasteiger partial charge < -0.3 is 15.3 Å². The summed E-state index contributed by atoms with van der Waals surface area (Å²) in [5.74, 6) is -2.60. The molecule has 1 fully saturated rings. The number of fused-ring (bicyclic) bond motifs is 2. The van der Waals surface area contributed by atoms with Gasteiger partial charge in [0.2, 0.25) is 5.91 Å². The molecule has 2 aliphatic heterocycles. The van der Waals surface area contributed by atoms with Crippen molar-refractivity contribution in [1.29, 1.82) is 0 Å². The molecule has 0 aliphatic carbocycles. The Labute approximate surface area is 141 Å². The number of nitrogens with zero attached hydrogens (tertiary/aromatic N) is 2. The number of nitrogens with one attached hydrogen (secondary N) is 2. The van der Waals surface area contributed by atoms with Gasteiger partial charge in [0, 0.05) is 0 Å². The highest BCUT2D eigenvalue weighted by molar-refractivity contribution is 7.87. The summed E-state index contributed by atoms with van der Waals surface area (Å²) in [7, 11) is -4.00. The van der Waals surface area contributed by atoms with Crippen molar-refractivity contribution >= 4 is 28.1 Å². The number of halogens is 1. The summed E-state index contributed by atoms with van der Waals surface area (Å²) in [5, 5.41) is 16.1. The smallest absolute Gasteiger partial charge is 0.368 e. The van der Waals surface area contributed by atoms with Crippen LogP contribution in [0.4, 0.5) is 9.18 Å². The topological polar surface area (TPSA) is 171 Å². The van der Waals surface area contributed by atoms with E-state index in [4.69, 9.17) is 10.2 Å². The number of carbonyl (C=O) groups is 3. The van der Waals surface area contributed by atoms with E-state index in [2.05, 4.69) is 10.2 Å². The highest BCUT2D eigenvalue weighted by atomic mass is 32.2. The molecule has 25 heavy (non-hydrogen) atoms. The second kappa shape index (κ2) is 6.91. The lowest BCUT2D eigenvalue weighted by Crippen LogP contribution is -2.52. The maximum atomic E-state index is 13.2. The molecule has 2 bridgehead atoms. The summed E-state index contributed by atoms with van der Waals surface area (Å²) in [4.78, 5) is 40.6. The van der Waals surface area contributed by atoms with E-state index in [1.54, 1.807) is 0 Å². The second-order valence-electron chi connectivity index (χ2n) is 5.31. The van der Waals surface area contributed by atoms with Crippen LogP contribution in [0, 0.1) is 0 Å². The van der Waals surface area contributed by atoms with E-state index in [0.29, 0.717) is 10.6 Å². The first-order chi connectivity index (χ1) is 11.5. The summed E-state index contributed by atoms with van der Waals surface area (Å²) < 4.78 is 36.6. The Bertz CT molecular complexity index is 726. The molecular weight excluding hydrogens is 365 g/mol. The van der Waals surface area contributed by atoms with Gasteiger partial charge in [-0.1, -0.05) is 6.08 Å². The molecule has 3 atom stereocenters. The van der Waals surface area contributed by atoms with Gasteiger partial charge >= 0.3 is 18.4 Å². The van der Waals surface area contributed by atoms with Gasteiger partial charge in [-0.25, -0.2) is 24.0 Å². The van der Waals surface area contributed by atoms with Crippen LogP contribution in [0.15, 0.2) is 11.6 Å². The maximum Gasteiger partial charge on any atom is 0.368 e. The number of alkyl halides is 1. The molecule has 2 rings (SSSR count). The predicted octanol–water partition coefficient (Wildman–Crippen LogP) is -2.40. The number of rotatable bonds is 7. The Kier molecular flexibility index (Phi) is 5.26. The van der Waals surface area contributed by atoms with Crippen molar-refractivity contribution in [3.05, 3.63) is 11.6 Å².